The van der Waals surface area contributed by atoms with E-state index < -0.39 is 0 Å². The van der Waals surface area contributed by atoms with E-state index in [-0.39, 0.29) is 12.5 Å². The fourth-order valence-corrected chi connectivity index (χ4v) is 1.48. The van der Waals surface area contributed by atoms with Gasteiger partial charge in [0, 0.05) is 19.6 Å². The van der Waals surface area contributed by atoms with E-state index in [9.17, 15) is 4.79 Å². The van der Waals surface area contributed by atoms with Gasteiger partial charge in [0.25, 0.3) is 5.91 Å². The minimum atomic E-state index is -0.173. The van der Waals surface area contributed by atoms with E-state index in [1.54, 1.807) is 14.2 Å². The van der Waals surface area contributed by atoms with Crippen molar-refractivity contribution in [3.05, 3.63) is 23.8 Å². The lowest BCUT2D eigenvalue weighted by Crippen LogP contribution is -2.25. The van der Waals surface area contributed by atoms with Gasteiger partial charge in [0.05, 0.1) is 7.11 Å². The van der Waals surface area contributed by atoms with Gasteiger partial charge >= 0.3 is 0 Å². The van der Waals surface area contributed by atoms with E-state index in [1.807, 2.05) is 18.2 Å². The summed E-state index contributed by atoms with van der Waals surface area (Å²) in [5.74, 6) is 1.03. The number of methoxy groups -OCH3 is 1. The summed E-state index contributed by atoms with van der Waals surface area (Å²) >= 11 is 0. The van der Waals surface area contributed by atoms with Gasteiger partial charge in [-0.25, -0.2) is 0 Å². The molecule has 0 spiro atoms. The molecule has 1 aromatic carbocycles. The lowest BCUT2D eigenvalue weighted by molar-refractivity contribution is -0.122. The van der Waals surface area contributed by atoms with Gasteiger partial charge in [-0.05, 0) is 17.7 Å². The van der Waals surface area contributed by atoms with Gasteiger partial charge in [-0.3, -0.25) is 4.79 Å². The Balaban J connectivity index is 2.74. The Morgan fingerprint density at radius 3 is 2.63 bits per heavy atom. The van der Waals surface area contributed by atoms with Gasteiger partial charge in [0.2, 0.25) is 0 Å². The van der Waals surface area contributed by atoms with Crippen molar-refractivity contribution < 1.29 is 14.3 Å². The standard InChI is InChI=1S/C14H22N2O3/c1-10(2)16-8-11-5-6-12(18-4)13(7-11)19-9-14(17)15-3/h5-7,10,16H,8-9H2,1-4H3,(H,15,17). The van der Waals surface area contributed by atoms with E-state index in [2.05, 4.69) is 24.5 Å². The Bertz CT molecular complexity index is 419. The molecule has 19 heavy (non-hydrogen) atoms. The highest BCUT2D eigenvalue weighted by atomic mass is 16.5. The number of rotatable bonds is 7. The highest BCUT2D eigenvalue weighted by Crippen LogP contribution is 2.28. The zero-order chi connectivity index (χ0) is 14.3. The first-order chi connectivity index (χ1) is 9.06. The smallest absolute Gasteiger partial charge is 0.257 e. The number of hydrogen-bond donors (Lipinski definition) is 2. The predicted octanol–water partition coefficient (Wildman–Crippen LogP) is 1.32. The molecule has 0 aliphatic heterocycles. The van der Waals surface area contributed by atoms with Gasteiger partial charge in [-0.1, -0.05) is 19.9 Å². The van der Waals surface area contributed by atoms with Crippen LogP contribution in [0.5, 0.6) is 11.5 Å². The normalized spacial score (nSPS) is 10.4. The van der Waals surface area contributed by atoms with Crippen molar-refractivity contribution in [3.63, 3.8) is 0 Å². The quantitative estimate of drug-likeness (QED) is 0.781. The number of ether oxygens (including phenoxy) is 2. The zero-order valence-corrected chi connectivity index (χ0v) is 11.9. The summed E-state index contributed by atoms with van der Waals surface area (Å²) in [6, 6.07) is 6.12. The van der Waals surface area contributed by atoms with E-state index >= 15 is 0 Å². The van der Waals surface area contributed by atoms with Crippen LogP contribution in [0, 0.1) is 0 Å². The molecule has 5 nitrogen and oxygen atoms in total. The Kier molecular flexibility index (Phi) is 6.15. The second-order valence-corrected chi connectivity index (χ2v) is 4.48. The fraction of sp³-hybridized carbons (Fsp3) is 0.500. The van der Waals surface area contributed by atoms with Crippen LogP contribution in [0.3, 0.4) is 0 Å². The third kappa shape index (κ3) is 5.18. The summed E-state index contributed by atoms with van der Waals surface area (Å²) in [6.07, 6.45) is 0. The second kappa shape index (κ2) is 7.63. The van der Waals surface area contributed by atoms with Gasteiger partial charge in [-0.2, -0.15) is 0 Å². The molecule has 5 heteroatoms. The van der Waals surface area contributed by atoms with Crippen LogP contribution < -0.4 is 20.1 Å². The van der Waals surface area contributed by atoms with Gasteiger partial charge in [0.15, 0.2) is 18.1 Å². The molecule has 106 valence electrons. The van der Waals surface area contributed by atoms with Crippen LogP contribution in [0.4, 0.5) is 0 Å². The van der Waals surface area contributed by atoms with Crippen molar-refractivity contribution in [3.8, 4) is 11.5 Å². The maximum Gasteiger partial charge on any atom is 0.257 e. The summed E-state index contributed by atoms with van der Waals surface area (Å²) in [6.45, 7) is 4.91. The van der Waals surface area contributed by atoms with E-state index in [4.69, 9.17) is 9.47 Å². The third-order valence-electron chi connectivity index (χ3n) is 2.58. The van der Waals surface area contributed by atoms with Crippen molar-refractivity contribution >= 4 is 5.91 Å². The average Bonchev–Trinajstić information content (AvgIpc) is 2.42. The van der Waals surface area contributed by atoms with Crippen LogP contribution in [-0.4, -0.2) is 32.7 Å². The summed E-state index contributed by atoms with van der Waals surface area (Å²) < 4.78 is 10.7. The van der Waals surface area contributed by atoms with Crippen LogP contribution >= 0.6 is 0 Å². The summed E-state index contributed by atoms with van der Waals surface area (Å²) in [5, 5.41) is 5.84. The molecule has 1 amide bonds. The topological polar surface area (TPSA) is 59.6 Å². The Labute approximate surface area is 114 Å². The highest BCUT2D eigenvalue weighted by Gasteiger charge is 2.08. The minimum absolute atomic E-state index is 0.0199. The van der Waals surface area contributed by atoms with Crippen LogP contribution in [0.1, 0.15) is 19.4 Å². The second-order valence-electron chi connectivity index (χ2n) is 4.48. The molecule has 0 saturated heterocycles. The summed E-state index contributed by atoms with van der Waals surface area (Å²) in [5.41, 5.74) is 1.08. The molecule has 0 aromatic heterocycles. The molecule has 0 unspecified atom stereocenters. The lowest BCUT2D eigenvalue weighted by Gasteiger charge is -2.13. The molecule has 2 N–H and O–H groups in total. The van der Waals surface area contributed by atoms with Gasteiger partial charge in [-0.15, -0.1) is 0 Å². The maximum atomic E-state index is 11.2. The Hall–Kier alpha value is -1.75. The van der Waals surface area contributed by atoms with Crippen molar-refractivity contribution in [1.29, 1.82) is 0 Å². The lowest BCUT2D eigenvalue weighted by atomic mass is 10.2. The number of benzene rings is 1. The molecule has 0 aliphatic carbocycles. The third-order valence-corrected chi connectivity index (χ3v) is 2.58. The van der Waals surface area contributed by atoms with Crippen molar-refractivity contribution in [2.75, 3.05) is 20.8 Å². The molecule has 0 radical (unpaired) electrons. The van der Waals surface area contributed by atoms with Crippen LogP contribution in [0.2, 0.25) is 0 Å². The van der Waals surface area contributed by atoms with Crippen LogP contribution in [0.15, 0.2) is 18.2 Å². The van der Waals surface area contributed by atoms with E-state index in [0.29, 0.717) is 17.5 Å². The fourth-order valence-electron chi connectivity index (χ4n) is 1.48. The average molecular weight is 266 g/mol. The van der Waals surface area contributed by atoms with Crippen LogP contribution in [-0.2, 0) is 11.3 Å². The molecule has 1 rings (SSSR count). The highest BCUT2D eigenvalue weighted by molar-refractivity contribution is 5.77. The molecule has 0 aliphatic rings. The number of nitrogens with one attached hydrogen (secondary N) is 2. The molecule has 0 atom stereocenters. The molecule has 0 fully saturated rings. The van der Waals surface area contributed by atoms with Crippen molar-refractivity contribution in [2.24, 2.45) is 0 Å². The largest absolute Gasteiger partial charge is 0.493 e. The van der Waals surface area contributed by atoms with Gasteiger partial charge in [0.1, 0.15) is 0 Å². The van der Waals surface area contributed by atoms with Crippen molar-refractivity contribution in [1.82, 2.24) is 10.6 Å². The Morgan fingerprint density at radius 2 is 2.05 bits per heavy atom. The summed E-state index contributed by atoms with van der Waals surface area (Å²) in [7, 11) is 3.15. The van der Waals surface area contributed by atoms with Crippen molar-refractivity contribution in [2.45, 2.75) is 26.4 Å². The number of carbonyl (C=O) groups is 1. The number of hydrogen-bond acceptors (Lipinski definition) is 4. The first-order valence-corrected chi connectivity index (χ1v) is 6.30. The SMILES string of the molecule is CNC(=O)COc1cc(CNC(C)C)ccc1OC. The minimum Gasteiger partial charge on any atom is -0.493 e. The number of amides is 1. The van der Waals surface area contributed by atoms with E-state index in [1.165, 1.54) is 0 Å². The zero-order valence-electron chi connectivity index (χ0n) is 11.9. The summed E-state index contributed by atoms with van der Waals surface area (Å²) in [4.78, 5) is 11.2. The van der Waals surface area contributed by atoms with Gasteiger partial charge < -0.3 is 20.1 Å². The molecule has 0 bridgehead atoms. The molecule has 1 aromatic rings. The predicted molar refractivity (Wildman–Crippen MR) is 74.5 cm³/mol. The molecule has 0 saturated carbocycles. The van der Waals surface area contributed by atoms with E-state index in [0.717, 1.165) is 12.1 Å². The number of carbonyl (C=O) groups excluding carboxylic acids is 1. The molecular formula is C14H22N2O3. The first kappa shape index (κ1) is 15.3. The molecular weight excluding hydrogens is 244 g/mol. The monoisotopic (exact) mass is 266 g/mol. The first-order valence-electron chi connectivity index (χ1n) is 6.30. The van der Waals surface area contributed by atoms with Crippen LogP contribution in [0.25, 0.3) is 0 Å². The Morgan fingerprint density at radius 1 is 1.32 bits per heavy atom. The molecule has 0 heterocycles. The number of likely N-dealkylation sites (N-methyl/N-ethyl adjacent to an activating group) is 1. The maximum absolute atomic E-state index is 11.2.